The number of rotatable bonds is 6. The van der Waals surface area contributed by atoms with Crippen molar-refractivity contribution in [1.29, 1.82) is 0 Å². The predicted octanol–water partition coefficient (Wildman–Crippen LogP) is 4.42. The van der Waals surface area contributed by atoms with E-state index in [2.05, 4.69) is 12.2 Å². The van der Waals surface area contributed by atoms with Gasteiger partial charge in [0.2, 0.25) is 0 Å². The van der Waals surface area contributed by atoms with E-state index in [1.165, 1.54) is 32.1 Å². The Morgan fingerprint density at radius 2 is 2.05 bits per heavy atom. The second-order valence-electron chi connectivity index (χ2n) is 5.83. The highest BCUT2D eigenvalue weighted by atomic mass is 35.5. The Balaban J connectivity index is 1.98. The normalized spacial score (nSPS) is 22.1. The highest BCUT2D eigenvalue weighted by Gasteiger charge is 2.20. The Labute approximate surface area is 133 Å². The first-order valence-electron chi connectivity index (χ1n) is 7.81. The van der Waals surface area contributed by atoms with E-state index in [1.807, 2.05) is 12.1 Å². The zero-order valence-electron chi connectivity index (χ0n) is 13.2. The molecule has 0 heterocycles. The fourth-order valence-corrected chi connectivity index (χ4v) is 3.49. The zero-order chi connectivity index (χ0) is 15.2. The lowest BCUT2D eigenvalue weighted by atomic mass is 9.84. The SMILES string of the molecule is CCC1CCCC(NCc2cc(Cl)c(OC)c(OC)c2)C1. The topological polar surface area (TPSA) is 30.5 Å². The Morgan fingerprint density at radius 3 is 2.71 bits per heavy atom. The first-order chi connectivity index (χ1) is 10.2. The van der Waals surface area contributed by atoms with Gasteiger partial charge in [0.05, 0.1) is 19.2 Å². The third-order valence-corrected chi connectivity index (χ3v) is 4.73. The number of benzene rings is 1. The quantitative estimate of drug-likeness (QED) is 0.844. The van der Waals surface area contributed by atoms with Crippen molar-refractivity contribution >= 4 is 11.6 Å². The van der Waals surface area contributed by atoms with Gasteiger partial charge in [0.1, 0.15) is 0 Å². The summed E-state index contributed by atoms with van der Waals surface area (Å²) in [5, 5.41) is 4.26. The molecule has 1 fully saturated rings. The van der Waals surface area contributed by atoms with Crippen molar-refractivity contribution < 1.29 is 9.47 Å². The van der Waals surface area contributed by atoms with Crippen LogP contribution in [0.15, 0.2) is 12.1 Å². The van der Waals surface area contributed by atoms with Crippen molar-refractivity contribution in [3.8, 4) is 11.5 Å². The standard InChI is InChI=1S/C17H26ClNO2/c1-4-12-6-5-7-14(8-12)19-11-13-9-15(18)17(21-3)16(10-13)20-2/h9-10,12,14,19H,4-8,11H2,1-3H3. The van der Waals surface area contributed by atoms with Crippen molar-refractivity contribution in [3.63, 3.8) is 0 Å². The average Bonchev–Trinajstić information content (AvgIpc) is 2.52. The average molecular weight is 312 g/mol. The molecule has 118 valence electrons. The number of nitrogens with one attached hydrogen (secondary N) is 1. The van der Waals surface area contributed by atoms with Crippen LogP contribution >= 0.6 is 11.6 Å². The van der Waals surface area contributed by atoms with E-state index in [9.17, 15) is 0 Å². The van der Waals surface area contributed by atoms with Crippen LogP contribution in [0.5, 0.6) is 11.5 Å². The van der Waals surface area contributed by atoms with Crippen LogP contribution < -0.4 is 14.8 Å². The molecule has 0 aromatic heterocycles. The summed E-state index contributed by atoms with van der Waals surface area (Å²) in [6.45, 7) is 3.11. The molecule has 0 spiro atoms. The largest absolute Gasteiger partial charge is 0.493 e. The smallest absolute Gasteiger partial charge is 0.179 e. The van der Waals surface area contributed by atoms with Crippen molar-refractivity contribution in [2.24, 2.45) is 5.92 Å². The van der Waals surface area contributed by atoms with E-state index >= 15 is 0 Å². The fourth-order valence-electron chi connectivity index (χ4n) is 3.18. The van der Waals surface area contributed by atoms with Crippen LogP contribution in [0.2, 0.25) is 5.02 Å². The highest BCUT2D eigenvalue weighted by molar-refractivity contribution is 6.32. The van der Waals surface area contributed by atoms with Crippen LogP contribution in [0, 0.1) is 5.92 Å². The van der Waals surface area contributed by atoms with Crippen LogP contribution in [-0.4, -0.2) is 20.3 Å². The van der Waals surface area contributed by atoms with Crippen LogP contribution in [0.4, 0.5) is 0 Å². The van der Waals surface area contributed by atoms with E-state index < -0.39 is 0 Å². The van der Waals surface area contributed by atoms with Gasteiger partial charge in [0.15, 0.2) is 11.5 Å². The molecule has 1 saturated carbocycles. The minimum Gasteiger partial charge on any atom is -0.493 e. The molecule has 0 amide bonds. The Kier molecular flexibility index (Phi) is 6.19. The van der Waals surface area contributed by atoms with Crippen molar-refractivity contribution in [3.05, 3.63) is 22.7 Å². The molecule has 0 bridgehead atoms. The molecular formula is C17H26ClNO2. The van der Waals surface area contributed by atoms with Gasteiger partial charge >= 0.3 is 0 Å². The molecule has 2 rings (SSSR count). The van der Waals surface area contributed by atoms with Gasteiger partial charge in [0.25, 0.3) is 0 Å². The van der Waals surface area contributed by atoms with Gasteiger partial charge in [-0.25, -0.2) is 0 Å². The number of methoxy groups -OCH3 is 2. The Bertz CT molecular complexity index is 464. The molecule has 0 radical (unpaired) electrons. The van der Waals surface area contributed by atoms with Crippen LogP contribution in [0.1, 0.15) is 44.6 Å². The Morgan fingerprint density at radius 1 is 1.24 bits per heavy atom. The van der Waals surface area contributed by atoms with E-state index in [1.54, 1.807) is 14.2 Å². The van der Waals surface area contributed by atoms with Gasteiger partial charge in [-0.2, -0.15) is 0 Å². The van der Waals surface area contributed by atoms with E-state index in [0.29, 0.717) is 22.6 Å². The summed E-state index contributed by atoms with van der Waals surface area (Å²) in [6.07, 6.45) is 6.58. The minimum atomic E-state index is 0.601. The summed E-state index contributed by atoms with van der Waals surface area (Å²) in [6, 6.07) is 4.57. The monoisotopic (exact) mass is 311 g/mol. The third kappa shape index (κ3) is 4.27. The van der Waals surface area contributed by atoms with Crippen LogP contribution in [0.3, 0.4) is 0 Å². The van der Waals surface area contributed by atoms with Gasteiger partial charge in [0, 0.05) is 12.6 Å². The maximum absolute atomic E-state index is 6.25. The van der Waals surface area contributed by atoms with Crippen molar-refractivity contribution in [2.75, 3.05) is 14.2 Å². The summed E-state index contributed by atoms with van der Waals surface area (Å²) in [5.41, 5.74) is 1.14. The number of ether oxygens (including phenoxy) is 2. The highest BCUT2D eigenvalue weighted by Crippen LogP contribution is 2.36. The number of halogens is 1. The summed E-state index contributed by atoms with van der Waals surface area (Å²) >= 11 is 6.25. The molecule has 4 heteroatoms. The fraction of sp³-hybridized carbons (Fsp3) is 0.647. The van der Waals surface area contributed by atoms with Crippen LogP contribution in [-0.2, 0) is 6.54 Å². The molecule has 2 unspecified atom stereocenters. The maximum atomic E-state index is 6.25. The first kappa shape index (κ1) is 16.4. The molecule has 0 saturated heterocycles. The van der Waals surface area contributed by atoms with Gasteiger partial charge < -0.3 is 14.8 Å². The molecule has 1 aromatic rings. The number of hydrogen-bond donors (Lipinski definition) is 1. The molecule has 21 heavy (non-hydrogen) atoms. The van der Waals surface area contributed by atoms with Crippen molar-refractivity contribution in [2.45, 2.75) is 51.6 Å². The summed E-state index contributed by atoms with van der Waals surface area (Å²) in [5.74, 6) is 2.17. The summed E-state index contributed by atoms with van der Waals surface area (Å²) in [7, 11) is 3.24. The molecule has 2 atom stereocenters. The zero-order valence-corrected chi connectivity index (χ0v) is 14.0. The lowest BCUT2D eigenvalue weighted by molar-refractivity contribution is 0.278. The molecule has 1 aliphatic carbocycles. The minimum absolute atomic E-state index is 0.601. The van der Waals surface area contributed by atoms with Gasteiger partial charge in [-0.3, -0.25) is 0 Å². The molecule has 1 aromatic carbocycles. The molecule has 3 nitrogen and oxygen atoms in total. The predicted molar refractivity (Wildman–Crippen MR) is 87.4 cm³/mol. The van der Waals surface area contributed by atoms with Gasteiger partial charge in [-0.05, 0) is 36.5 Å². The van der Waals surface area contributed by atoms with Gasteiger partial charge in [-0.15, -0.1) is 0 Å². The maximum Gasteiger partial charge on any atom is 0.179 e. The first-order valence-corrected chi connectivity index (χ1v) is 8.19. The number of hydrogen-bond acceptors (Lipinski definition) is 3. The molecular weight excluding hydrogens is 286 g/mol. The summed E-state index contributed by atoms with van der Waals surface area (Å²) in [4.78, 5) is 0. The van der Waals surface area contributed by atoms with E-state index in [0.717, 1.165) is 18.0 Å². The summed E-state index contributed by atoms with van der Waals surface area (Å²) < 4.78 is 10.6. The second kappa shape index (κ2) is 7.90. The third-order valence-electron chi connectivity index (χ3n) is 4.45. The van der Waals surface area contributed by atoms with Gasteiger partial charge in [-0.1, -0.05) is 37.8 Å². The van der Waals surface area contributed by atoms with E-state index in [-0.39, 0.29) is 0 Å². The molecule has 1 aliphatic rings. The molecule has 1 N–H and O–H groups in total. The van der Waals surface area contributed by atoms with Crippen molar-refractivity contribution in [1.82, 2.24) is 5.32 Å². The Hall–Kier alpha value is -0.930. The van der Waals surface area contributed by atoms with E-state index in [4.69, 9.17) is 21.1 Å². The second-order valence-corrected chi connectivity index (χ2v) is 6.24. The van der Waals surface area contributed by atoms with Crippen LogP contribution in [0.25, 0.3) is 0 Å². The lowest BCUT2D eigenvalue weighted by Crippen LogP contribution is -2.33. The lowest BCUT2D eigenvalue weighted by Gasteiger charge is -2.29. The molecule has 0 aliphatic heterocycles.